The Balaban J connectivity index is 1.42. The third kappa shape index (κ3) is 5.98. The largest absolute Gasteiger partial charge is 0.442 e. The number of hydrazine groups is 1. The highest BCUT2D eigenvalue weighted by atomic mass is 19.3. The smallest absolute Gasteiger partial charge is 0.414 e. The summed E-state index contributed by atoms with van der Waals surface area (Å²) < 4.78 is 65.7. The standard InChI is InChI=1S/C22H28F4N6O5/c1-13(28-20(33)19(25)26)17-12-31(22(35)37-17)14-10-15(23)18(16(24)11-14)29-3-2-27-32(5-4-29)21(34)30-6-8-36-9-7-30/h10-11,13,17,19,27H,2-9,12H2,1H3,(H,28,33)/t13-,17+/m0/s1. The molecule has 3 saturated heterocycles. The fourth-order valence-corrected chi connectivity index (χ4v) is 4.39. The Bertz CT molecular complexity index is 1000. The summed E-state index contributed by atoms with van der Waals surface area (Å²) in [5.41, 5.74) is 2.57. The van der Waals surface area contributed by atoms with Crippen molar-refractivity contribution in [3.63, 3.8) is 0 Å². The molecule has 15 heteroatoms. The van der Waals surface area contributed by atoms with E-state index in [0.717, 1.165) is 17.0 Å². The number of hydrogen-bond acceptors (Lipinski definition) is 7. The lowest BCUT2D eigenvalue weighted by Crippen LogP contribution is -2.53. The number of nitrogens with zero attached hydrogens (tertiary/aromatic N) is 4. The predicted octanol–water partition coefficient (Wildman–Crippen LogP) is 1.14. The fourth-order valence-electron chi connectivity index (χ4n) is 4.39. The van der Waals surface area contributed by atoms with Crippen LogP contribution in [0.2, 0.25) is 0 Å². The van der Waals surface area contributed by atoms with Crippen LogP contribution >= 0.6 is 0 Å². The van der Waals surface area contributed by atoms with Gasteiger partial charge in [0.1, 0.15) is 11.8 Å². The van der Waals surface area contributed by atoms with Crippen molar-refractivity contribution in [1.82, 2.24) is 20.7 Å². The highest BCUT2D eigenvalue weighted by molar-refractivity contribution is 5.90. The van der Waals surface area contributed by atoms with Crippen molar-refractivity contribution in [1.29, 1.82) is 0 Å². The number of carbonyl (C=O) groups is 3. The van der Waals surface area contributed by atoms with Crippen LogP contribution < -0.4 is 20.5 Å². The molecule has 4 amide bonds. The molecule has 0 aliphatic carbocycles. The van der Waals surface area contributed by atoms with E-state index in [1.807, 2.05) is 5.32 Å². The van der Waals surface area contributed by atoms with Crippen molar-refractivity contribution < 1.29 is 41.4 Å². The Morgan fingerprint density at radius 2 is 1.76 bits per heavy atom. The van der Waals surface area contributed by atoms with Crippen LogP contribution in [0.5, 0.6) is 0 Å². The van der Waals surface area contributed by atoms with Crippen molar-refractivity contribution >= 4 is 29.4 Å². The number of anilines is 2. The molecule has 37 heavy (non-hydrogen) atoms. The summed E-state index contributed by atoms with van der Waals surface area (Å²) in [6, 6.07) is 0.790. The summed E-state index contributed by atoms with van der Waals surface area (Å²) in [5.74, 6) is -3.35. The highest BCUT2D eigenvalue weighted by Crippen LogP contribution is 2.31. The molecule has 1 aromatic rings. The molecule has 0 aromatic heterocycles. The fraction of sp³-hybridized carbons (Fsp3) is 0.591. The quantitative estimate of drug-likeness (QED) is 0.548. The number of urea groups is 1. The van der Waals surface area contributed by atoms with E-state index in [1.54, 1.807) is 4.90 Å². The second-order valence-corrected chi connectivity index (χ2v) is 8.82. The summed E-state index contributed by atoms with van der Waals surface area (Å²) >= 11 is 0. The Kier molecular flexibility index (Phi) is 8.22. The minimum atomic E-state index is -3.23. The molecule has 0 bridgehead atoms. The zero-order valence-corrected chi connectivity index (χ0v) is 20.1. The van der Waals surface area contributed by atoms with Gasteiger partial charge in [-0.25, -0.2) is 23.8 Å². The van der Waals surface area contributed by atoms with Gasteiger partial charge >= 0.3 is 18.5 Å². The number of amides is 4. The molecule has 0 saturated carbocycles. The summed E-state index contributed by atoms with van der Waals surface area (Å²) in [6.07, 6.45) is -5.15. The van der Waals surface area contributed by atoms with Gasteiger partial charge in [0.15, 0.2) is 11.6 Å². The molecule has 204 valence electrons. The molecule has 3 heterocycles. The summed E-state index contributed by atoms with van der Waals surface area (Å²) in [4.78, 5) is 40.4. The molecule has 2 N–H and O–H groups in total. The molecule has 2 atom stereocenters. The topological polar surface area (TPSA) is 107 Å². The summed E-state index contributed by atoms with van der Waals surface area (Å²) in [6.45, 7) is 3.82. The maximum Gasteiger partial charge on any atom is 0.414 e. The molecule has 4 rings (SSSR count). The average molecular weight is 532 g/mol. The molecular weight excluding hydrogens is 504 g/mol. The number of morpholine rings is 1. The van der Waals surface area contributed by atoms with Gasteiger partial charge in [0.05, 0.1) is 38.0 Å². The highest BCUT2D eigenvalue weighted by Gasteiger charge is 2.38. The molecule has 3 aliphatic heterocycles. The van der Waals surface area contributed by atoms with E-state index in [-0.39, 0.29) is 50.1 Å². The van der Waals surface area contributed by atoms with Gasteiger partial charge in [-0.1, -0.05) is 0 Å². The third-order valence-corrected chi connectivity index (χ3v) is 6.38. The summed E-state index contributed by atoms with van der Waals surface area (Å²) in [5, 5.41) is 3.46. The van der Waals surface area contributed by atoms with Gasteiger partial charge < -0.3 is 24.6 Å². The van der Waals surface area contributed by atoms with E-state index in [4.69, 9.17) is 9.47 Å². The lowest BCUT2D eigenvalue weighted by molar-refractivity contribution is -0.133. The van der Waals surface area contributed by atoms with Gasteiger partial charge in [0.25, 0.3) is 5.91 Å². The molecule has 3 aliphatic rings. The van der Waals surface area contributed by atoms with Crippen molar-refractivity contribution in [2.75, 3.05) is 68.8 Å². The van der Waals surface area contributed by atoms with Crippen LogP contribution in [0.25, 0.3) is 0 Å². The first kappa shape index (κ1) is 26.7. The third-order valence-electron chi connectivity index (χ3n) is 6.38. The van der Waals surface area contributed by atoms with Gasteiger partial charge in [-0.05, 0) is 6.92 Å². The molecule has 0 spiro atoms. The van der Waals surface area contributed by atoms with E-state index < -0.39 is 42.2 Å². The number of nitrogens with one attached hydrogen (secondary N) is 2. The van der Waals surface area contributed by atoms with Crippen molar-refractivity contribution in [3.8, 4) is 0 Å². The molecule has 11 nitrogen and oxygen atoms in total. The monoisotopic (exact) mass is 532 g/mol. The van der Waals surface area contributed by atoms with Crippen LogP contribution in [0.15, 0.2) is 12.1 Å². The Morgan fingerprint density at radius 1 is 1.08 bits per heavy atom. The number of carbonyl (C=O) groups excluding carboxylic acids is 3. The van der Waals surface area contributed by atoms with Crippen LogP contribution in [-0.2, 0) is 14.3 Å². The predicted molar refractivity (Wildman–Crippen MR) is 122 cm³/mol. The van der Waals surface area contributed by atoms with E-state index in [2.05, 4.69) is 5.43 Å². The van der Waals surface area contributed by atoms with Crippen LogP contribution in [0.1, 0.15) is 6.92 Å². The Morgan fingerprint density at radius 3 is 2.41 bits per heavy atom. The second-order valence-electron chi connectivity index (χ2n) is 8.82. The van der Waals surface area contributed by atoms with Gasteiger partial charge in [-0.15, -0.1) is 0 Å². The van der Waals surface area contributed by atoms with Crippen LogP contribution in [0.4, 0.5) is 38.5 Å². The van der Waals surface area contributed by atoms with Crippen LogP contribution in [0.3, 0.4) is 0 Å². The number of ether oxygens (including phenoxy) is 2. The normalized spacial score (nSPS) is 21.7. The number of alkyl halides is 2. The lowest BCUT2D eigenvalue weighted by atomic mass is 10.1. The maximum atomic E-state index is 15.1. The van der Waals surface area contributed by atoms with E-state index >= 15 is 8.78 Å². The molecule has 1 aromatic carbocycles. The van der Waals surface area contributed by atoms with Crippen LogP contribution in [-0.4, -0.2) is 106 Å². The molecule has 0 radical (unpaired) electrons. The Hall–Kier alpha value is -3.33. The number of benzene rings is 1. The maximum absolute atomic E-state index is 15.1. The Labute approximate surface area is 210 Å². The molecule has 3 fully saturated rings. The number of cyclic esters (lactones) is 1. The first-order valence-corrected chi connectivity index (χ1v) is 11.8. The van der Waals surface area contributed by atoms with Crippen molar-refractivity contribution in [2.24, 2.45) is 0 Å². The average Bonchev–Trinajstić information content (AvgIpc) is 3.10. The lowest BCUT2D eigenvalue weighted by Gasteiger charge is -2.32. The van der Waals surface area contributed by atoms with Crippen LogP contribution in [0, 0.1) is 11.6 Å². The number of halogens is 4. The minimum absolute atomic E-state index is 0.115. The number of hydrogen-bond donors (Lipinski definition) is 2. The van der Waals surface area contributed by atoms with E-state index in [0.29, 0.717) is 26.3 Å². The van der Waals surface area contributed by atoms with Crippen molar-refractivity contribution in [3.05, 3.63) is 23.8 Å². The van der Waals surface area contributed by atoms with E-state index in [1.165, 1.54) is 16.8 Å². The van der Waals surface area contributed by atoms with Gasteiger partial charge in [0.2, 0.25) is 0 Å². The van der Waals surface area contributed by atoms with Gasteiger partial charge in [0, 0.05) is 44.9 Å². The van der Waals surface area contributed by atoms with Gasteiger partial charge in [-0.3, -0.25) is 14.7 Å². The first-order valence-electron chi connectivity index (χ1n) is 11.8. The van der Waals surface area contributed by atoms with Crippen molar-refractivity contribution in [2.45, 2.75) is 25.5 Å². The second kappa shape index (κ2) is 11.4. The molecule has 0 unspecified atom stereocenters. The first-order chi connectivity index (χ1) is 17.7. The zero-order chi connectivity index (χ0) is 26.7. The van der Waals surface area contributed by atoms with Gasteiger partial charge in [-0.2, -0.15) is 8.78 Å². The SMILES string of the molecule is C[C@H](NC(=O)C(F)F)[C@H]1CN(c2cc(F)c(N3CCNN(C(=O)N4CCOCC4)CC3)c(F)c2)C(=O)O1. The van der Waals surface area contributed by atoms with E-state index in [9.17, 15) is 23.2 Å². The molecular formula is C22H28F4N6O5. The minimum Gasteiger partial charge on any atom is -0.442 e. The number of rotatable bonds is 5. The zero-order valence-electron chi connectivity index (χ0n) is 20.1. The summed E-state index contributed by atoms with van der Waals surface area (Å²) in [7, 11) is 0.